The molecule has 4 heteroatoms. The van der Waals surface area contributed by atoms with Crippen molar-refractivity contribution in [1.29, 1.82) is 0 Å². The number of rotatable bonds is 6. The van der Waals surface area contributed by atoms with E-state index in [0.29, 0.717) is 23.9 Å². The van der Waals surface area contributed by atoms with Gasteiger partial charge in [-0.2, -0.15) is 0 Å². The van der Waals surface area contributed by atoms with E-state index in [-0.39, 0.29) is 18.5 Å². The summed E-state index contributed by atoms with van der Waals surface area (Å²) in [5, 5.41) is 0.755. The normalized spacial score (nSPS) is 25.4. The fourth-order valence-electron chi connectivity index (χ4n) is 5.86. The summed E-state index contributed by atoms with van der Waals surface area (Å²) < 4.78 is 6.80. The second kappa shape index (κ2) is 10.6. The lowest BCUT2D eigenvalue weighted by Gasteiger charge is -2.43. The van der Waals surface area contributed by atoms with Crippen LogP contribution in [0.4, 0.5) is 0 Å². The zero-order valence-corrected chi connectivity index (χ0v) is 20.9. The molecule has 0 amide bonds. The first kappa shape index (κ1) is 24.3. The van der Waals surface area contributed by atoms with Gasteiger partial charge in [0.2, 0.25) is 0 Å². The van der Waals surface area contributed by atoms with Gasteiger partial charge >= 0.3 is 0 Å². The van der Waals surface area contributed by atoms with Crippen LogP contribution in [0.2, 0.25) is 5.02 Å². The average Bonchev–Trinajstić information content (AvgIpc) is 3.06. The topological polar surface area (TPSA) is 12.5 Å². The van der Waals surface area contributed by atoms with E-state index in [1.54, 1.807) is 0 Å². The minimum absolute atomic E-state index is 0. The number of nitrogens with zero attached hydrogens (tertiary/aromatic N) is 1. The van der Waals surface area contributed by atoms with E-state index in [2.05, 4.69) is 85.6 Å². The van der Waals surface area contributed by atoms with E-state index < -0.39 is 0 Å². The SMILES string of the molecule is Cc1ccc(C2CC3CCC([C@@H]2COC(c2ccccc2)c2ccc(Cl)cc2)N3C)cc1.Cl. The summed E-state index contributed by atoms with van der Waals surface area (Å²) in [5.41, 5.74) is 5.14. The molecule has 4 unspecified atom stereocenters. The molecule has 3 aromatic rings. The highest BCUT2D eigenvalue weighted by Gasteiger charge is 2.46. The molecule has 0 aromatic heterocycles. The van der Waals surface area contributed by atoms with Gasteiger partial charge in [-0.3, -0.25) is 0 Å². The van der Waals surface area contributed by atoms with Crippen molar-refractivity contribution in [1.82, 2.24) is 4.90 Å². The molecule has 2 fully saturated rings. The van der Waals surface area contributed by atoms with Crippen LogP contribution in [-0.2, 0) is 4.74 Å². The first-order valence-corrected chi connectivity index (χ1v) is 12.2. The highest BCUT2D eigenvalue weighted by Crippen LogP contribution is 2.47. The van der Waals surface area contributed by atoms with Crippen molar-refractivity contribution in [2.75, 3.05) is 13.7 Å². The van der Waals surface area contributed by atoms with Crippen molar-refractivity contribution in [3.05, 3.63) is 106 Å². The molecule has 33 heavy (non-hydrogen) atoms. The van der Waals surface area contributed by atoms with Crippen LogP contribution in [0.1, 0.15) is 53.5 Å². The van der Waals surface area contributed by atoms with E-state index in [1.807, 2.05) is 12.1 Å². The third-order valence-corrected chi connectivity index (χ3v) is 7.92. The van der Waals surface area contributed by atoms with Crippen molar-refractivity contribution in [3.63, 3.8) is 0 Å². The largest absolute Gasteiger partial charge is 0.368 e. The Balaban J connectivity index is 0.00000259. The molecule has 0 N–H and O–H groups in total. The third kappa shape index (κ3) is 5.15. The molecule has 5 rings (SSSR count). The van der Waals surface area contributed by atoms with Gasteiger partial charge in [-0.25, -0.2) is 0 Å². The lowest BCUT2D eigenvalue weighted by molar-refractivity contribution is -0.00335. The Kier molecular flexibility index (Phi) is 7.81. The van der Waals surface area contributed by atoms with Gasteiger partial charge in [0.25, 0.3) is 0 Å². The van der Waals surface area contributed by atoms with E-state index in [1.165, 1.54) is 36.0 Å². The Morgan fingerprint density at radius 1 is 0.909 bits per heavy atom. The summed E-state index contributed by atoms with van der Waals surface area (Å²) in [6.07, 6.45) is 3.71. The molecule has 5 atom stereocenters. The molecular formula is C29H33Cl2NO. The highest BCUT2D eigenvalue weighted by atomic mass is 35.5. The van der Waals surface area contributed by atoms with Crippen LogP contribution in [0.15, 0.2) is 78.9 Å². The average molecular weight is 482 g/mol. The summed E-state index contributed by atoms with van der Waals surface area (Å²) >= 11 is 6.17. The number of halogens is 2. The van der Waals surface area contributed by atoms with Crippen LogP contribution in [0.25, 0.3) is 0 Å². The Morgan fingerprint density at radius 3 is 2.27 bits per heavy atom. The maximum Gasteiger partial charge on any atom is 0.108 e. The molecule has 2 heterocycles. The highest BCUT2D eigenvalue weighted by molar-refractivity contribution is 6.30. The van der Waals surface area contributed by atoms with Crippen LogP contribution in [-0.4, -0.2) is 30.6 Å². The molecule has 2 bridgehead atoms. The van der Waals surface area contributed by atoms with Gasteiger partial charge in [-0.15, -0.1) is 12.4 Å². The van der Waals surface area contributed by atoms with Gasteiger partial charge in [0.05, 0.1) is 6.61 Å². The number of benzene rings is 3. The molecule has 0 aliphatic carbocycles. The molecule has 3 aromatic carbocycles. The summed E-state index contributed by atoms with van der Waals surface area (Å²) in [7, 11) is 2.31. The fourth-order valence-corrected chi connectivity index (χ4v) is 5.99. The minimum atomic E-state index is -0.0865. The Morgan fingerprint density at radius 2 is 1.58 bits per heavy atom. The van der Waals surface area contributed by atoms with Gasteiger partial charge in [-0.05, 0) is 68.0 Å². The summed E-state index contributed by atoms with van der Waals surface area (Å²) in [6, 6.07) is 29.1. The summed E-state index contributed by atoms with van der Waals surface area (Å²) in [6.45, 7) is 2.92. The van der Waals surface area contributed by atoms with Gasteiger partial charge in [0.1, 0.15) is 6.10 Å². The van der Waals surface area contributed by atoms with Gasteiger partial charge in [0.15, 0.2) is 0 Å². The lowest BCUT2D eigenvalue weighted by Crippen LogP contribution is -2.47. The summed E-state index contributed by atoms with van der Waals surface area (Å²) in [4.78, 5) is 2.62. The first-order chi connectivity index (χ1) is 15.6. The van der Waals surface area contributed by atoms with E-state index in [9.17, 15) is 0 Å². The monoisotopic (exact) mass is 481 g/mol. The van der Waals surface area contributed by atoms with Gasteiger partial charge < -0.3 is 9.64 Å². The molecule has 0 saturated carbocycles. The molecule has 2 nitrogen and oxygen atoms in total. The lowest BCUT2D eigenvalue weighted by atomic mass is 9.76. The van der Waals surface area contributed by atoms with E-state index >= 15 is 0 Å². The smallest absolute Gasteiger partial charge is 0.108 e. The quantitative estimate of drug-likeness (QED) is 0.362. The van der Waals surface area contributed by atoms with Crippen molar-refractivity contribution in [3.8, 4) is 0 Å². The summed E-state index contributed by atoms with van der Waals surface area (Å²) in [5.74, 6) is 1.03. The zero-order valence-electron chi connectivity index (χ0n) is 19.4. The molecule has 2 saturated heterocycles. The molecule has 0 spiro atoms. The molecule has 174 valence electrons. The van der Waals surface area contributed by atoms with Gasteiger partial charge in [-0.1, -0.05) is 83.9 Å². The second-order valence-electron chi connectivity index (χ2n) is 9.56. The Labute approximate surface area is 209 Å². The third-order valence-electron chi connectivity index (χ3n) is 7.67. The van der Waals surface area contributed by atoms with Crippen LogP contribution < -0.4 is 0 Å². The van der Waals surface area contributed by atoms with E-state index in [0.717, 1.165) is 17.2 Å². The van der Waals surface area contributed by atoms with Crippen LogP contribution >= 0.6 is 24.0 Å². The zero-order chi connectivity index (χ0) is 22.1. The number of hydrogen-bond acceptors (Lipinski definition) is 2. The molecule has 2 aliphatic heterocycles. The maximum atomic E-state index is 6.80. The standard InChI is InChI=1S/C29H32ClNO.ClH/c1-20-8-10-21(11-9-20)26-18-25-16-17-28(31(25)2)27(26)19-32-29(22-6-4-3-5-7-22)23-12-14-24(30)15-13-23;/h3-15,25-29H,16-19H2,1-2H3;1H/t25?,26?,27-,28?,29?;/m1./s1. The predicted molar refractivity (Wildman–Crippen MR) is 140 cm³/mol. The van der Waals surface area contributed by atoms with Crippen molar-refractivity contribution in [2.45, 2.75) is 50.3 Å². The first-order valence-electron chi connectivity index (χ1n) is 11.8. The van der Waals surface area contributed by atoms with E-state index in [4.69, 9.17) is 16.3 Å². The Hall–Kier alpha value is -1.84. The number of aryl methyl sites for hydroxylation is 1. The van der Waals surface area contributed by atoms with Crippen LogP contribution in [0, 0.1) is 12.8 Å². The minimum Gasteiger partial charge on any atom is -0.368 e. The Bertz CT molecular complexity index is 1020. The van der Waals surface area contributed by atoms with Gasteiger partial charge in [0, 0.05) is 23.0 Å². The second-order valence-corrected chi connectivity index (χ2v) is 9.99. The number of hydrogen-bond donors (Lipinski definition) is 0. The predicted octanol–water partition coefficient (Wildman–Crippen LogP) is 7.44. The number of fused-ring (bicyclic) bond motifs is 2. The van der Waals surface area contributed by atoms with Crippen molar-refractivity contribution >= 4 is 24.0 Å². The molecule has 0 radical (unpaired) electrons. The van der Waals surface area contributed by atoms with Crippen molar-refractivity contribution in [2.24, 2.45) is 5.92 Å². The van der Waals surface area contributed by atoms with Crippen molar-refractivity contribution < 1.29 is 4.74 Å². The number of piperidine rings is 1. The van der Waals surface area contributed by atoms with Crippen LogP contribution in [0.3, 0.4) is 0 Å². The van der Waals surface area contributed by atoms with Crippen LogP contribution in [0.5, 0.6) is 0 Å². The fraction of sp³-hybridized carbons (Fsp3) is 0.379. The molecule has 2 aliphatic rings. The maximum absolute atomic E-state index is 6.80. The molecular weight excluding hydrogens is 449 g/mol. The number of ether oxygens (including phenoxy) is 1.